The van der Waals surface area contributed by atoms with Crippen molar-refractivity contribution in [1.29, 1.82) is 0 Å². The molecule has 8 heteroatoms. The van der Waals surface area contributed by atoms with Gasteiger partial charge in [-0.3, -0.25) is 9.59 Å². The Hall–Kier alpha value is -0.930. The van der Waals surface area contributed by atoms with Gasteiger partial charge in [0, 0.05) is 30.3 Å². The van der Waals surface area contributed by atoms with E-state index in [-0.39, 0.29) is 17.5 Å². The first-order valence-electron chi connectivity index (χ1n) is 10.3. The van der Waals surface area contributed by atoms with Crippen LogP contribution in [0, 0.1) is 22.7 Å². The summed E-state index contributed by atoms with van der Waals surface area (Å²) >= 11 is 3.11. The third-order valence-electron chi connectivity index (χ3n) is 8.32. The molecule has 0 aromatic heterocycles. The van der Waals surface area contributed by atoms with Crippen LogP contribution in [0.25, 0.3) is 0 Å². The Balaban J connectivity index is 1.85. The van der Waals surface area contributed by atoms with Crippen molar-refractivity contribution in [1.82, 2.24) is 0 Å². The van der Waals surface area contributed by atoms with Crippen LogP contribution in [-0.2, 0) is 19.1 Å². The molecule has 3 aliphatic carbocycles. The summed E-state index contributed by atoms with van der Waals surface area (Å²) in [6.45, 7) is 3.42. The summed E-state index contributed by atoms with van der Waals surface area (Å²) in [7, 11) is 1.42. The van der Waals surface area contributed by atoms with E-state index in [9.17, 15) is 19.8 Å². The lowest BCUT2D eigenvalue weighted by Crippen LogP contribution is -2.74. The van der Waals surface area contributed by atoms with Crippen LogP contribution in [0.5, 0.6) is 0 Å². The van der Waals surface area contributed by atoms with Gasteiger partial charge in [0.25, 0.3) is 0 Å². The van der Waals surface area contributed by atoms with Crippen LogP contribution in [0.3, 0.4) is 0 Å². The van der Waals surface area contributed by atoms with Gasteiger partial charge in [0.2, 0.25) is 11.6 Å². The lowest BCUT2D eigenvalue weighted by atomic mass is 9.43. The Morgan fingerprint density at radius 2 is 2.10 bits per heavy atom. The minimum atomic E-state index is -2.21. The number of halogens is 2. The highest BCUT2D eigenvalue weighted by Crippen LogP contribution is 2.68. The van der Waals surface area contributed by atoms with Crippen LogP contribution in [-0.4, -0.2) is 58.1 Å². The third kappa shape index (κ3) is 2.60. The second kappa shape index (κ2) is 7.04. The van der Waals surface area contributed by atoms with Gasteiger partial charge < -0.3 is 19.7 Å². The zero-order valence-corrected chi connectivity index (χ0v) is 18.9. The van der Waals surface area contributed by atoms with Gasteiger partial charge in [-0.15, -0.1) is 0 Å². The standard InChI is InChI=1S/C22H28BrFO6/c1-19-7-6-13(25)8-12(19)4-5-14-15-9-18(29-3)30-22(28,17(27)11-23)20(15,2)10-16(26)21(14,19)24/h6-8,14-16,18,26,28H,4-5,9-11H2,1-3H3. The van der Waals surface area contributed by atoms with Gasteiger partial charge in [0.05, 0.1) is 11.4 Å². The second-order valence-electron chi connectivity index (χ2n) is 9.48. The molecule has 8 unspecified atom stereocenters. The molecule has 2 saturated carbocycles. The van der Waals surface area contributed by atoms with Gasteiger partial charge in [-0.1, -0.05) is 34.5 Å². The lowest BCUT2D eigenvalue weighted by Gasteiger charge is -2.66. The van der Waals surface area contributed by atoms with E-state index in [4.69, 9.17) is 9.47 Å². The van der Waals surface area contributed by atoms with Gasteiger partial charge in [-0.25, -0.2) is 4.39 Å². The number of fused-ring (bicyclic) bond motifs is 5. The molecule has 3 fully saturated rings. The molecule has 0 radical (unpaired) electrons. The summed E-state index contributed by atoms with van der Waals surface area (Å²) in [4.78, 5) is 24.7. The van der Waals surface area contributed by atoms with Crippen LogP contribution < -0.4 is 0 Å². The summed E-state index contributed by atoms with van der Waals surface area (Å²) in [6.07, 6.45) is 3.14. The fourth-order valence-electron chi connectivity index (χ4n) is 6.58. The number of aliphatic hydroxyl groups excluding tert-OH is 1. The maximum atomic E-state index is 17.1. The van der Waals surface area contributed by atoms with Gasteiger partial charge >= 0.3 is 0 Å². The lowest BCUT2D eigenvalue weighted by molar-refractivity contribution is -0.378. The van der Waals surface area contributed by atoms with E-state index in [0.717, 1.165) is 0 Å². The van der Waals surface area contributed by atoms with Crippen molar-refractivity contribution in [3.63, 3.8) is 0 Å². The number of aliphatic hydroxyl groups is 2. The number of carbonyl (C=O) groups is 2. The molecule has 4 rings (SSSR count). The van der Waals surface area contributed by atoms with E-state index in [2.05, 4.69) is 15.9 Å². The molecule has 0 aromatic rings. The van der Waals surface area contributed by atoms with Gasteiger partial charge in [0.15, 0.2) is 17.7 Å². The third-order valence-corrected chi connectivity index (χ3v) is 8.83. The van der Waals surface area contributed by atoms with E-state index in [1.165, 1.54) is 19.3 Å². The first-order chi connectivity index (χ1) is 14.0. The van der Waals surface area contributed by atoms with Crippen molar-refractivity contribution < 1.29 is 33.7 Å². The second-order valence-corrected chi connectivity index (χ2v) is 10.0. The van der Waals surface area contributed by atoms with Crippen molar-refractivity contribution in [3.05, 3.63) is 23.8 Å². The summed E-state index contributed by atoms with van der Waals surface area (Å²) in [5, 5.41) is 22.5. The van der Waals surface area contributed by atoms with Crippen molar-refractivity contribution >= 4 is 27.5 Å². The van der Waals surface area contributed by atoms with Crippen LogP contribution in [0.1, 0.15) is 39.5 Å². The molecule has 1 saturated heterocycles. The maximum absolute atomic E-state index is 17.1. The first kappa shape index (κ1) is 22.3. The number of rotatable bonds is 3. The molecule has 0 amide bonds. The monoisotopic (exact) mass is 486 g/mol. The van der Waals surface area contributed by atoms with Crippen molar-refractivity contribution in [2.45, 2.75) is 63.4 Å². The molecule has 8 atom stereocenters. The van der Waals surface area contributed by atoms with Crippen LogP contribution >= 0.6 is 15.9 Å². The number of ether oxygens (including phenoxy) is 2. The Morgan fingerprint density at radius 1 is 1.40 bits per heavy atom. The maximum Gasteiger partial charge on any atom is 0.235 e. The molecule has 30 heavy (non-hydrogen) atoms. The zero-order chi connectivity index (χ0) is 22.1. The number of hydrogen-bond donors (Lipinski definition) is 2. The normalized spacial score (nSPS) is 50.2. The van der Waals surface area contributed by atoms with Gasteiger partial charge in [-0.05, 0) is 44.3 Å². The molecule has 0 spiro atoms. The van der Waals surface area contributed by atoms with E-state index in [1.54, 1.807) is 19.9 Å². The Bertz CT molecular complexity index is 843. The number of ketones is 2. The number of alkyl halides is 2. The average molecular weight is 487 g/mol. The number of Topliss-reactive ketones (excluding diaryl/α,β-unsaturated/α-hetero) is 1. The molecule has 0 aromatic carbocycles. The van der Waals surface area contributed by atoms with E-state index >= 15 is 4.39 Å². The molecule has 0 bridgehead atoms. The summed E-state index contributed by atoms with van der Waals surface area (Å²) < 4.78 is 28.1. The SMILES string of the molecule is COC1CC2C3CCC4=CC(=O)C=CC4(C)C3(F)C(O)CC2(C)C(O)(C(=O)CBr)O1. The van der Waals surface area contributed by atoms with E-state index in [1.807, 2.05) is 0 Å². The predicted octanol–water partition coefficient (Wildman–Crippen LogP) is 2.61. The summed E-state index contributed by atoms with van der Waals surface area (Å²) in [6, 6.07) is 0. The number of hydrogen-bond acceptors (Lipinski definition) is 6. The largest absolute Gasteiger partial charge is 0.390 e. The minimum Gasteiger partial charge on any atom is -0.390 e. The molecule has 2 N–H and O–H groups in total. The van der Waals surface area contributed by atoms with Crippen molar-refractivity contribution in [2.24, 2.45) is 22.7 Å². The first-order valence-corrected chi connectivity index (χ1v) is 11.4. The molecule has 1 aliphatic heterocycles. The van der Waals surface area contributed by atoms with Crippen LogP contribution in [0.15, 0.2) is 23.8 Å². The highest BCUT2D eigenvalue weighted by atomic mass is 79.9. The van der Waals surface area contributed by atoms with Gasteiger partial charge in [0.1, 0.15) is 0 Å². The fraction of sp³-hybridized carbons (Fsp3) is 0.727. The average Bonchev–Trinajstić information content (AvgIpc) is 2.70. The Labute approximate surface area is 183 Å². The smallest absolute Gasteiger partial charge is 0.235 e. The Kier molecular flexibility index (Phi) is 5.22. The molecule has 1 heterocycles. The molecule has 4 aliphatic rings. The predicted molar refractivity (Wildman–Crippen MR) is 109 cm³/mol. The van der Waals surface area contributed by atoms with Crippen molar-refractivity contribution in [2.75, 3.05) is 12.4 Å². The Morgan fingerprint density at radius 3 is 2.73 bits per heavy atom. The number of carbonyl (C=O) groups excluding carboxylic acids is 2. The van der Waals surface area contributed by atoms with Gasteiger partial charge in [-0.2, -0.15) is 0 Å². The summed E-state index contributed by atoms with van der Waals surface area (Å²) in [5.41, 5.74) is -3.70. The molecule has 166 valence electrons. The molecular weight excluding hydrogens is 459 g/mol. The van der Waals surface area contributed by atoms with Crippen LogP contribution in [0.2, 0.25) is 0 Å². The molecular formula is C22H28BrFO6. The van der Waals surface area contributed by atoms with Crippen LogP contribution in [0.4, 0.5) is 4.39 Å². The quantitative estimate of drug-likeness (QED) is 0.595. The highest BCUT2D eigenvalue weighted by Gasteiger charge is 2.74. The summed E-state index contributed by atoms with van der Waals surface area (Å²) in [5.74, 6) is -4.09. The highest BCUT2D eigenvalue weighted by molar-refractivity contribution is 9.09. The van der Waals surface area contributed by atoms with E-state index < -0.39 is 52.3 Å². The number of allylic oxidation sites excluding steroid dienone is 4. The topological polar surface area (TPSA) is 93.1 Å². The minimum absolute atomic E-state index is 0.140. The zero-order valence-electron chi connectivity index (χ0n) is 17.4. The molecule has 6 nitrogen and oxygen atoms in total. The van der Waals surface area contributed by atoms with Crippen molar-refractivity contribution in [3.8, 4) is 0 Å². The fourth-order valence-corrected chi connectivity index (χ4v) is 6.96. The number of methoxy groups -OCH3 is 1. The van der Waals surface area contributed by atoms with E-state index in [0.29, 0.717) is 24.8 Å².